The van der Waals surface area contributed by atoms with Crippen molar-refractivity contribution in [1.29, 1.82) is 0 Å². The number of allylic oxidation sites excluding steroid dienone is 2. The van der Waals surface area contributed by atoms with E-state index in [-0.39, 0.29) is 10.8 Å². The molecule has 0 amide bonds. The normalized spacial score (nSPS) is 46.0. The molecule has 4 rings (SSSR count). The number of carboxylic acid groups (broad SMARTS) is 1. The number of terminal acetylenes is 1. The maximum atomic E-state index is 11.1. The third-order valence-corrected chi connectivity index (χ3v) is 8.74. The molecule has 2 N–H and O–H groups in total. The first-order valence-corrected chi connectivity index (χ1v) is 10.6. The van der Waals surface area contributed by atoms with Gasteiger partial charge in [0.25, 0.3) is 0 Å². The molecule has 0 radical (unpaired) electrons. The van der Waals surface area contributed by atoms with Crippen molar-refractivity contribution in [3.8, 4) is 12.3 Å². The maximum Gasteiger partial charge on any atom is 0.344 e. The van der Waals surface area contributed by atoms with E-state index in [0.717, 1.165) is 57.1 Å². The molecule has 3 saturated carbocycles. The van der Waals surface area contributed by atoms with E-state index in [1.54, 1.807) is 0 Å². The van der Waals surface area contributed by atoms with E-state index in [9.17, 15) is 9.90 Å². The molecule has 5 nitrogen and oxygen atoms in total. The Morgan fingerprint density at radius 1 is 1.25 bits per heavy atom. The average molecular weight is 386 g/mol. The summed E-state index contributed by atoms with van der Waals surface area (Å²) in [5, 5.41) is 23.8. The Balaban J connectivity index is 1.57. The van der Waals surface area contributed by atoms with E-state index in [1.165, 1.54) is 5.57 Å². The van der Waals surface area contributed by atoms with E-state index < -0.39 is 18.2 Å². The minimum absolute atomic E-state index is 0.160. The standard InChI is InChI=1S/C23H31NO4/c1-4-23(27)12-9-19-17-6-5-15-13-16(24-28-14-20(25)26)7-10-21(15,2)18(17)8-11-22(19,23)3/h1,13,17-19,27H,5-12,14H2,2-3H3,(H,25,26)/b24-16-/t17-,18+,19-,21+,22+,23-/m1/s1. The number of rotatable bonds is 3. The number of fused-ring (bicyclic) bond motifs is 5. The summed E-state index contributed by atoms with van der Waals surface area (Å²) in [7, 11) is 0. The lowest BCUT2D eigenvalue weighted by molar-refractivity contribution is -0.142. The van der Waals surface area contributed by atoms with Gasteiger partial charge in [0.2, 0.25) is 6.61 Å². The summed E-state index contributed by atoms with van der Waals surface area (Å²) in [6.45, 7) is 4.22. The van der Waals surface area contributed by atoms with Gasteiger partial charge in [-0.05, 0) is 80.6 Å². The summed E-state index contributed by atoms with van der Waals surface area (Å²) in [5.74, 6) is 3.47. The van der Waals surface area contributed by atoms with Crippen LogP contribution in [-0.2, 0) is 9.63 Å². The van der Waals surface area contributed by atoms with Crippen LogP contribution in [0.5, 0.6) is 0 Å². The molecule has 0 saturated heterocycles. The Hall–Kier alpha value is -1.80. The zero-order chi connectivity index (χ0) is 20.2. The summed E-state index contributed by atoms with van der Waals surface area (Å²) in [4.78, 5) is 15.6. The van der Waals surface area contributed by atoms with Crippen molar-refractivity contribution in [2.45, 2.75) is 70.8 Å². The van der Waals surface area contributed by atoms with Crippen molar-refractivity contribution in [1.82, 2.24) is 0 Å². The number of nitrogens with zero attached hydrogens (tertiary/aromatic N) is 1. The number of oxime groups is 1. The first-order chi connectivity index (χ1) is 13.2. The van der Waals surface area contributed by atoms with Crippen LogP contribution < -0.4 is 0 Å². The molecule has 3 fully saturated rings. The molecule has 0 spiro atoms. The molecule has 4 aliphatic rings. The van der Waals surface area contributed by atoms with E-state index in [4.69, 9.17) is 16.4 Å². The Bertz CT molecular complexity index is 780. The van der Waals surface area contributed by atoms with Crippen molar-refractivity contribution in [2.24, 2.45) is 33.7 Å². The van der Waals surface area contributed by atoms with Crippen LogP contribution in [0.1, 0.15) is 65.2 Å². The maximum absolute atomic E-state index is 11.1. The lowest BCUT2D eigenvalue weighted by Gasteiger charge is -2.58. The zero-order valence-electron chi connectivity index (χ0n) is 16.9. The van der Waals surface area contributed by atoms with Gasteiger partial charge >= 0.3 is 5.97 Å². The molecule has 0 aromatic rings. The second kappa shape index (κ2) is 6.62. The van der Waals surface area contributed by atoms with E-state index in [2.05, 4.69) is 31.0 Å². The molecule has 0 aromatic heterocycles. The summed E-state index contributed by atoms with van der Waals surface area (Å²) < 4.78 is 0. The minimum atomic E-state index is -1.01. The molecule has 6 atom stereocenters. The predicted octanol–water partition coefficient (Wildman–Crippen LogP) is 3.77. The number of aliphatic hydroxyl groups is 1. The van der Waals surface area contributed by atoms with E-state index in [0.29, 0.717) is 17.8 Å². The van der Waals surface area contributed by atoms with Gasteiger partial charge in [0, 0.05) is 5.41 Å². The number of aliphatic carboxylic acids is 1. The van der Waals surface area contributed by atoms with Gasteiger partial charge in [-0.15, -0.1) is 6.42 Å². The molecule has 0 bridgehead atoms. The monoisotopic (exact) mass is 385 g/mol. The molecule has 0 unspecified atom stereocenters. The molecule has 5 heteroatoms. The Morgan fingerprint density at radius 2 is 2.00 bits per heavy atom. The number of carboxylic acids is 1. The molecular formula is C23H31NO4. The third-order valence-electron chi connectivity index (χ3n) is 8.74. The largest absolute Gasteiger partial charge is 0.479 e. The fraction of sp³-hybridized carbons (Fsp3) is 0.739. The summed E-state index contributed by atoms with van der Waals surface area (Å²) in [5.41, 5.74) is 1.34. The third kappa shape index (κ3) is 2.72. The van der Waals surface area contributed by atoms with Crippen LogP contribution in [0.4, 0.5) is 0 Å². The number of hydrogen-bond acceptors (Lipinski definition) is 4. The van der Waals surface area contributed by atoms with Gasteiger partial charge in [-0.3, -0.25) is 0 Å². The van der Waals surface area contributed by atoms with Gasteiger partial charge in [-0.1, -0.05) is 30.5 Å². The van der Waals surface area contributed by atoms with Gasteiger partial charge in [0.05, 0.1) is 5.71 Å². The van der Waals surface area contributed by atoms with Gasteiger partial charge in [0.1, 0.15) is 5.60 Å². The highest BCUT2D eigenvalue weighted by molar-refractivity contribution is 5.96. The first kappa shape index (κ1) is 19.5. The average Bonchev–Trinajstić information content (AvgIpc) is 2.93. The fourth-order valence-corrected chi connectivity index (χ4v) is 7.07. The zero-order valence-corrected chi connectivity index (χ0v) is 16.9. The Kier molecular flexibility index (Phi) is 4.62. The van der Waals surface area contributed by atoms with E-state index in [1.807, 2.05) is 0 Å². The van der Waals surface area contributed by atoms with Crippen LogP contribution in [-0.4, -0.2) is 34.1 Å². The lowest BCUT2D eigenvalue weighted by atomic mass is 9.46. The molecule has 0 aliphatic heterocycles. The van der Waals surface area contributed by atoms with Crippen molar-refractivity contribution in [2.75, 3.05) is 6.61 Å². The van der Waals surface area contributed by atoms with Crippen molar-refractivity contribution in [3.05, 3.63) is 11.6 Å². The van der Waals surface area contributed by atoms with Gasteiger partial charge in [-0.2, -0.15) is 0 Å². The lowest BCUT2D eigenvalue weighted by Crippen LogP contribution is -2.54. The molecule has 152 valence electrons. The molecular weight excluding hydrogens is 354 g/mol. The molecule has 0 heterocycles. The SMILES string of the molecule is C#C[C@@]1(O)CC[C@@H]2[C@@H]3CCC4=C/C(=N\OCC(=O)O)CC[C@]4(C)[C@H]3CC[C@@]21C. The summed E-state index contributed by atoms with van der Waals surface area (Å²) in [6, 6.07) is 0. The van der Waals surface area contributed by atoms with Gasteiger partial charge < -0.3 is 15.1 Å². The van der Waals surface area contributed by atoms with Crippen molar-refractivity contribution in [3.63, 3.8) is 0 Å². The number of hydrogen-bond donors (Lipinski definition) is 2. The highest BCUT2D eigenvalue weighted by Crippen LogP contribution is 2.67. The quantitative estimate of drug-likeness (QED) is 0.572. The van der Waals surface area contributed by atoms with Gasteiger partial charge in [0.15, 0.2) is 0 Å². The first-order valence-electron chi connectivity index (χ1n) is 10.6. The molecule has 0 aromatic carbocycles. The highest BCUT2D eigenvalue weighted by Gasteiger charge is 2.63. The van der Waals surface area contributed by atoms with Crippen LogP contribution in [0, 0.1) is 40.9 Å². The molecule has 28 heavy (non-hydrogen) atoms. The van der Waals surface area contributed by atoms with E-state index >= 15 is 0 Å². The van der Waals surface area contributed by atoms with Crippen molar-refractivity contribution < 1.29 is 19.8 Å². The second-order valence-electron chi connectivity index (χ2n) is 9.75. The van der Waals surface area contributed by atoms with Crippen LogP contribution >= 0.6 is 0 Å². The smallest absolute Gasteiger partial charge is 0.344 e. The van der Waals surface area contributed by atoms with Crippen LogP contribution in [0.15, 0.2) is 16.8 Å². The predicted molar refractivity (Wildman–Crippen MR) is 107 cm³/mol. The Labute approximate surface area is 167 Å². The van der Waals surface area contributed by atoms with Crippen LogP contribution in [0.2, 0.25) is 0 Å². The summed E-state index contributed by atoms with van der Waals surface area (Å²) >= 11 is 0. The van der Waals surface area contributed by atoms with Crippen molar-refractivity contribution >= 4 is 11.7 Å². The minimum Gasteiger partial charge on any atom is -0.479 e. The number of carbonyl (C=O) groups is 1. The topological polar surface area (TPSA) is 79.1 Å². The summed E-state index contributed by atoms with van der Waals surface area (Å²) in [6.07, 6.45) is 15.8. The fourth-order valence-electron chi connectivity index (χ4n) is 7.07. The van der Waals surface area contributed by atoms with Crippen LogP contribution in [0.25, 0.3) is 0 Å². The Morgan fingerprint density at radius 3 is 2.71 bits per heavy atom. The highest BCUT2D eigenvalue weighted by atomic mass is 16.6. The molecule has 4 aliphatic carbocycles. The van der Waals surface area contributed by atoms with Crippen LogP contribution in [0.3, 0.4) is 0 Å². The van der Waals surface area contributed by atoms with Gasteiger partial charge in [-0.25, -0.2) is 4.79 Å². The second-order valence-corrected chi connectivity index (χ2v) is 9.75.